The molecule has 0 aliphatic carbocycles. The predicted octanol–water partition coefficient (Wildman–Crippen LogP) is 2.59. The van der Waals surface area contributed by atoms with Crippen LogP contribution in [0.15, 0.2) is 41.7 Å². The Morgan fingerprint density at radius 3 is 2.50 bits per heavy atom. The maximum Gasteiger partial charge on any atom is 0.225 e. The van der Waals surface area contributed by atoms with E-state index in [1.165, 1.54) is 12.1 Å². The normalized spacial score (nSPS) is 15.2. The molecule has 0 amide bonds. The summed E-state index contributed by atoms with van der Waals surface area (Å²) < 4.78 is 42.7. The van der Waals surface area contributed by atoms with Crippen molar-refractivity contribution in [3.8, 4) is 5.75 Å². The van der Waals surface area contributed by atoms with Gasteiger partial charge in [0.15, 0.2) is 21.4 Å². The van der Waals surface area contributed by atoms with Gasteiger partial charge in [-0.3, -0.25) is 0 Å². The summed E-state index contributed by atoms with van der Waals surface area (Å²) in [4.78, 5) is 12.6. The molecule has 1 fully saturated rings. The summed E-state index contributed by atoms with van der Waals surface area (Å²) in [5.74, 6) is -0.0247. The van der Waals surface area contributed by atoms with Gasteiger partial charge in [0.05, 0.1) is 17.1 Å². The Bertz CT molecular complexity index is 1170. The molecule has 170 valence electrons. The minimum atomic E-state index is -3.48. The van der Waals surface area contributed by atoms with Crippen LogP contribution in [-0.2, 0) is 22.9 Å². The molecular formula is C21H25FN6O3S. The number of nitrogens with zero attached hydrogens (tertiary/aromatic N) is 6. The highest BCUT2D eigenvalue weighted by Gasteiger charge is 2.24. The first-order chi connectivity index (χ1) is 15.3. The molecule has 0 N–H and O–H groups in total. The van der Waals surface area contributed by atoms with E-state index in [0.29, 0.717) is 5.69 Å². The second-order valence-corrected chi connectivity index (χ2v) is 9.79. The highest BCUT2D eigenvalue weighted by atomic mass is 32.2. The van der Waals surface area contributed by atoms with E-state index in [1.54, 1.807) is 11.0 Å². The Labute approximate surface area is 186 Å². The van der Waals surface area contributed by atoms with Crippen LogP contribution in [0.5, 0.6) is 5.75 Å². The van der Waals surface area contributed by atoms with Crippen LogP contribution < -0.4 is 9.64 Å². The zero-order valence-corrected chi connectivity index (χ0v) is 18.8. The zero-order valence-electron chi connectivity index (χ0n) is 18.0. The fraction of sp³-hybridized carbons (Fsp3) is 0.429. The van der Waals surface area contributed by atoms with Crippen molar-refractivity contribution in [1.29, 1.82) is 0 Å². The average molecular weight is 461 g/mol. The van der Waals surface area contributed by atoms with Gasteiger partial charge in [0.1, 0.15) is 12.3 Å². The lowest BCUT2D eigenvalue weighted by molar-refractivity contribution is 0.279. The lowest BCUT2D eigenvalue weighted by atomic mass is 10.1. The van der Waals surface area contributed by atoms with Gasteiger partial charge in [0, 0.05) is 31.7 Å². The van der Waals surface area contributed by atoms with E-state index in [2.05, 4.69) is 32.0 Å². The van der Waals surface area contributed by atoms with E-state index < -0.39 is 15.7 Å². The van der Waals surface area contributed by atoms with Gasteiger partial charge in [0.2, 0.25) is 5.95 Å². The summed E-state index contributed by atoms with van der Waals surface area (Å²) in [6, 6.07) is 3.73. The van der Waals surface area contributed by atoms with Gasteiger partial charge in [-0.15, -0.1) is 0 Å². The van der Waals surface area contributed by atoms with Crippen LogP contribution in [0, 0.1) is 5.82 Å². The average Bonchev–Trinajstić information content (AvgIpc) is 3.27. The molecule has 0 unspecified atom stereocenters. The molecule has 4 rings (SSSR count). The van der Waals surface area contributed by atoms with Crippen LogP contribution in [0.2, 0.25) is 0 Å². The number of aryl methyl sites for hydroxylation is 1. The predicted molar refractivity (Wildman–Crippen MR) is 116 cm³/mol. The molecule has 0 radical (unpaired) electrons. The second kappa shape index (κ2) is 9.19. The quantitative estimate of drug-likeness (QED) is 0.530. The molecular weight excluding hydrogens is 435 g/mol. The summed E-state index contributed by atoms with van der Waals surface area (Å²) in [6.45, 7) is 3.72. The molecule has 0 atom stereocenters. The molecule has 0 bridgehead atoms. The monoisotopic (exact) mass is 460 g/mol. The Kier molecular flexibility index (Phi) is 6.35. The van der Waals surface area contributed by atoms with Crippen molar-refractivity contribution < 1.29 is 17.5 Å². The van der Waals surface area contributed by atoms with Gasteiger partial charge in [0.25, 0.3) is 0 Å². The Balaban J connectivity index is 1.32. The lowest BCUT2D eigenvalue weighted by Gasteiger charge is -2.31. The first-order valence-corrected chi connectivity index (χ1v) is 12.3. The van der Waals surface area contributed by atoms with Gasteiger partial charge >= 0.3 is 0 Å². The van der Waals surface area contributed by atoms with Crippen LogP contribution in [0.25, 0.3) is 0 Å². The summed E-state index contributed by atoms with van der Waals surface area (Å²) >= 11 is 0. The second-order valence-electron chi connectivity index (χ2n) is 7.77. The number of hydrogen-bond acceptors (Lipinski definition) is 8. The standard InChI is InChI=1S/C21H25FN6O3S/c1-3-15-11-23-21(24-12-15)27-8-6-17(7-9-27)28-25-13-16(26-28)14-31-20-5-4-18(10-19(20)22)32(2,29)30/h4-5,10-13,17H,3,6-9,14H2,1-2H3. The number of hydrogen-bond donors (Lipinski definition) is 0. The van der Waals surface area contributed by atoms with Crippen LogP contribution in [0.4, 0.5) is 10.3 Å². The first kappa shape index (κ1) is 22.1. The summed E-state index contributed by atoms with van der Waals surface area (Å²) in [7, 11) is -3.48. The Hall–Kier alpha value is -3.08. The first-order valence-electron chi connectivity index (χ1n) is 10.4. The van der Waals surface area contributed by atoms with Crippen LogP contribution in [0.1, 0.15) is 37.1 Å². The largest absolute Gasteiger partial charge is 0.484 e. The maximum absolute atomic E-state index is 14.2. The van der Waals surface area contributed by atoms with Crippen molar-refractivity contribution in [3.63, 3.8) is 0 Å². The number of benzene rings is 1. The van der Waals surface area contributed by atoms with E-state index in [4.69, 9.17) is 4.74 Å². The van der Waals surface area contributed by atoms with Gasteiger partial charge in [-0.05, 0) is 43.0 Å². The van der Waals surface area contributed by atoms with Crippen molar-refractivity contribution in [2.75, 3.05) is 24.2 Å². The SMILES string of the molecule is CCc1cnc(N2CCC(n3ncc(COc4ccc(S(C)(=O)=O)cc4F)n3)CC2)nc1. The van der Waals surface area contributed by atoms with E-state index >= 15 is 0 Å². The molecule has 0 saturated carbocycles. The van der Waals surface area contributed by atoms with Crippen molar-refractivity contribution in [2.45, 2.75) is 43.7 Å². The van der Waals surface area contributed by atoms with Crippen molar-refractivity contribution in [1.82, 2.24) is 25.0 Å². The fourth-order valence-corrected chi connectivity index (χ4v) is 4.16. The van der Waals surface area contributed by atoms with Crippen molar-refractivity contribution in [2.24, 2.45) is 0 Å². The van der Waals surface area contributed by atoms with E-state index in [-0.39, 0.29) is 23.3 Å². The van der Waals surface area contributed by atoms with Crippen LogP contribution in [-0.4, -0.2) is 52.7 Å². The highest BCUT2D eigenvalue weighted by molar-refractivity contribution is 7.90. The number of anilines is 1. The molecule has 1 aromatic carbocycles. The number of piperidine rings is 1. The number of ether oxygens (including phenoxy) is 1. The fourth-order valence-electron chi connectivity index (χ4n) is 3.52. The third-order valence-electron chi connectivity index (χ3n) is 5.44. The molecule has 3 heterocycles. The van der Waals surface area contributed by atoms with E-state index in [1.807, 2.05) is 12.4 Å². The van der Waals surface area contributed by atoms with Gasteiger partial charge < -0.3 is 9.64 Å². The van der Waals surface area contributed by atoms with Crippen LogP contribution in [0.3, 0.4) is 0 Å². The summed E-state index contributed by atoms with van der Waals surface area (Å²) in [5.41, 5.74) is 1.68. The third kappa shape index (κ3) is 5.04. The van der Waals surface area contributed by atoms with Gasteiger partial charge in [-0.25, -0.2) is 22.8 Å². The lowest BCUT2D eigenvalue weighted by Crippen LogP contribution is -2.36. The summed E-state index contributed by atoms with van der Waals surface area (Å²) in [6.07, 6.45) is 8.99. The molecule has 1 saturated heterocycles. The molecule has 1 aliphatic rings. The third-order valence-corrected chi connectivity index (χ3v) is 6.55. The zero-order chi connectivity index (χ0) is 22.7. The topological polar surface area (TPSA) is 103 Å². The molecule has 0 spiro atoms. The van der Waals surface area contributed by atoms with Crippen molar-refractivity contribution >= 4 is 15.8 Å². The van der Waals surface area contributed by atoms with Gasteiger partial charge in [-0.1, -0.05) is 6.92 Å². The molecule has 9 nitrogen and oxygen atoms in total. The number of halogens is 1. The summed E-state index contributed by atoms with van der Waals surface area (Å²) in [5, 5.41) is 8.81. The molecule has 32 heavy (non-hydrogen) atoms. The number of aromatic nitrogens is 5. The number of sulfone groups is 1. The molecule has 1 aliphatic heterocycles. The minimum Gasteiger partial charge on any atom is -0.484 e. The highest BCUT2D eigenvalue weighted by Crippen LogP contribution is 2.24. The number of rotatable bonds is 7. The Morgan fingerprint density at radius 2 is 1.88 bits per heavy atom. The minimum absolute atomic E-state index is 0.0330. The van der Waals surface area contributed by atoms with E-state index in [0.717, 1.165) is 56.2 Å². The van der Waals surface area contributed by atoms with Gasteiger partial charge in [-0.2, -0.15) is 15.0 Å². The molecule has 2 aromatic heterocycles. The van der Waals surface area contributed by atoms with Crippen molar-refractivity contribution in [3.05, 3.63) is 53.9 Å². The smallest absolute Gasteiger partial charge is 0.225 e. The maximum atomic E-state index is 14.2. The van der Waals surface area contributed by atoms with Crippen LogP contribution >= 0.6 is 0 Å². The Morgan fingerprint density at radius 1 is 1.16 bits per heavy atom. The molecule has 3 aromatic rings. The van der Waals surface area contributed by atoms with E-state index in [9.17, 15) is 12.8 Å². The molecule has 11 heteroatoms.